The van der Waals surface area contributed by atoms with Crippen LogP contribution >= 0.6 is 15.9 Å². The standard InChI is InChI=1S/C17H16BrNO2/c1-20-16-4-2-3-5-17(16)21-11-10-19-9-8-13-12-14(18)6-7-15(13)19/h2-9,12H,10-11H2,1H3. The van der Waals surface area contributed by atoms with Crippen molar-refractivity contribution in [3.05, 3.63) is 59.2 Å². The van der Waals surface area contributed by atoms with Crippen LogP contribution in [0.4, 0.5) is 0 Å². The molecule has 4 heteroatoms. The topological polar surface area (TPSA) is 23.4 Å². The van der Waals surface area contributed by atoms with Crippen LogP contribution in [-0.2, 0) is 6.54 Å². The first-order valence-corrected chi connectivity index (χ1v) is 7.57. The Kier molecular flexibility index (Phi) is 4.15. The molecular weight excluding hydrogens is 330 g/mol. The van der Waals surface area contributed by atoms with Gasteiger partial charge in [-0.3, -0.25) is 0 Å². The maximum atomic E-state index is 5.82. The first-order chi connectivity index (χ1) is 10.3. The number of hydrogen-bond acceptors (Lipinski definition) is 2. The van der Waals surface area contributed by atoms with Gasteiger partial charge in [-0.1, -0.05) is 28.1 Å². The Morgan fingerprint density at radius 1 is 1.05 bits per heavy atom. The minimum atomic E-state index is 0.597. The van der Waals surface area contributed by atoms with Gasteiger partial charge in [0.05, 0.1) is 13.7 Å². The number of para-hydroxylation sites is 2. The summed E-state index contributed by atoms with van der Waals surface area (Å²) >= 11 is 3.49. The molecule has 0 atom stereocenters. The quantitative estimate of drug-likeness (QED) is 0.679. The van der Waals surface area contributed by atoms with E-state index in [1.165, 1.54) is 10.9 Å². The van der Waals surface area contributed by atoms with Crippen LogP contribution in [0.5, 0.6) is 11.5 Å². The lowest BCUT2D eigenvalue weighted by Gasteiger charge is -2.11. The molecule has 0 N–H and O–H groups in total. The summed E-state index contributed by atoms with van der Waals surface area (Å²) in [5.74, 6) is 1.54. The van der Waals surface area contributed by atoms with Crippen LogP contribution in [0.25, 0.3) is 10.9 Å². The number of halogens is 1. The Balaban J connectivity index is 1.69. The van der Waals surface area contributed by atoms with Crippen LogP contribution < -0.4 is 9.47 Å². The number of ether oxygens (including phenoxy) is 2. The fourth-order valence-electron chi connectivity index (χ4n) is 2.36. The van der Waals surface area contributed by atoms with Crippen molar-refractivity contribution in [1.29, 1.82) is 0 Å². The van der Waals surface area contributed by atoms with Crippen molar-refractivity contribution in [2.75, 3.05) is 13.7 Å². The van der Waals surface area contributed by atoms with Gasteiger partial charge in [-0.15, -0.1) is 0 Å². The average molecular weight is 346 g/mol. The van der Waals surface area contributed by atoms with E-state index in [-0.39, 0.29) is 0 Å². The van der Waals surface area contributed by atoms with Gasteiger partial charge >= 0.3 is 0 Å². The van der Waals surface area contributed by atoms with Gasteiger partial charge in [-0.25, -0.2) is 0 Å². The lowest BCUT2D eigenvalue weighted by Crippen LogP contribution is -2.07. The van der Waals surface area contributed by atoms with Gasteiger partial charge in [0.2, 0.25) is 0 Å². The molecule has 1 heterocycles. The molecule has 0 saturated heterocycles. The first-order valence-electron chi connectivity index (χ1n) is 6.78. The van der Waals surface area contributed by atoms with Crippen LogP contribution in [0.15, 0.2) is 59.2 Å². The highest BCUT2D eigenvalue weighted by molar-refractivity contribution is 9.10. The van der Waals surface area contributed by atoms with Gasteiger partial charge in [0, 0.05) is 21.6 Å². The molecule has 0 radical (unpaired) electrons. The van der Waals surface area contributed by atoms with Crippen molar-refractivity contribution in [2.24, 2.45) is 0 Å². The van der Waals surface area contributed by atoms with E-state index in [0.29, 0.717) is 6.61 Å². The van der Waals surface area contributed by atoms with Crippen LogP contribution in [0, 0.1) is 0 Å². The molecule has 0 fully saturated rings. The van der Waals surface area contributed by atoms with E-state index < -0.39 is 0 Å². The van der Waals surface area contributed by atoms with E-state index in [4.69, 9.17) is 9.47 Å². The third-order valence-corrected chi connectivity index (χ3v) is 3.89. The van der Waals surface area contributed by atoms with E-state index in [1.807, 2.05) is 24.3 Å². The summed E-state index contributed by atoms with van der Waals surface area (Å²) in [7, 11) is 1.65. The number of benzene rings is 2. The molecule has 21 heavy (non-hydrogen) atoms. The predicted octanol–water partition coefficient (Wildman–Crippen LogP) is 4.49. The molecule has 0 saturated carbocycles. The number of hydrogen-bond donors (Lipinski definition) is 0. The molecule has 0 aliphatic rings. The van der Waals surface area contributed by atoms with E-state index in [9.17, 15) is 0 Å². The highest BCUT2D eigenvalue weighted by Crippen LogP contribution is 2.26. The van der Waals surface area contributed by atoms with Gasteiger partial charge in [0.15, 0.2) is 11.5 Å². The van der Waals surface area contributed by atoms with Crippen molar-refractivity contribution in [1.82, 2.24) is 4.57 Å². The van der Waals surface area contributed by atoms with Crippen molar-refractivity contribution < 1.29 is 9.47 Å². The monoisotopic (exact) mass is 345 g/mol. The van der Waals surface area contributed by atoms with Gasteiger partial charge in [-0.2, -0.15) is 0 Å². The zero-order valence-corrected chi connectivity index (χ0v) is 13.3. The fourth-order valence-corrected chi connectivity index (χ4v) is 2.74. The highest BCUT2D eigenvalue weighted by Gasteiger charge is 2.04. The molecular formula is C17H16BrNO2. The lowest BCUT2D eigenvalue weighted by atomic mass is 10.2. The van der Waals surface area contributed by atoms with Gasteiger partial charge < -0.3 is 14.0 Å². The molecule has 2 aromatic carbocycles. The molecule has 3 rings (SSSR count). The average Bonchev–Trinajstić information content (AvgIpc) is 2.90. The van der Waals surface area contributed by atoms with Crippen molar-refractivity contribution in [2.45, 2.75) is 6.54 Å². The van der Waals surface area contributed by atoms with Crippen LogP contribution in [0.2, 0.25) is 0 Å². The summed E-state index contributed by atoms with van der Waals surface area (Å²) in [4.78, 5) is 0. The number of rotatable bonds is 5. The number of aromatic nitrogens is 1. The second-order valence-corrected chi connectivity index (χ2v) is 5.63. The molecule has 0 spiro atoms. The van der Waals surface area contributed by atoms with Crippen molar-refractivity contribution in [3.8, 4) is 11.5 Å². The minimum absolute atomic E-state index is 0.597. The molecule has 3 nitrogen and oxygen atoms in total. The summed E-state index contributed by atoms with van der Waals surface area (Å²) in [6, 6.07) is 16.1. The maximum absolute atomic E-state index is 5.82. The largest absolute Gasteiger partial charge is 0.493 e. The van der Waals surface area contributed by atoms with Crippen LogP contribution in [0.1, 0.15) is 0 Å². The summed E-state index contributed by atoms with van der Waals surface area (Å²) in [6.07, 6.45) is 2.09. The molecule has 108 valence electrons. The molecule has 0 aliphatic heterocycles. The Morgan fingerprint density at radius 2 is 1.86 bits per heavy atom. The van der Waals surface area contributed by atoms with E-state index in [1.54, 1.807) is 7.11 Å². The Bertz CT molecular complexity index is 751. The van der Waals surface area contributed by atoms with Crippen molar-refractivity contribution in [3.63, 3.8) is 0 Å². The summed E-state index contributed by atoms with van der Waals surface area (Å²) in [5.41, 5.74) is 1.21. The lowest BCUT2D eigenvalue weighted by molar-refractivity contribution is 0.281. The third kappa shape index (κ3) is 3.05. The number of methoxy groups -OCH3 is 1. The predicted molar refractivity (Wildman–Crippen MR) is 88.1 cm³/mol. The van der Waals surface area contributed by atoms with Crippen LogP contribution in [0.3, 0.4) is 0 Å². The Hall–Kier alpha value is -1.94. The van der Waals surface area contributed by atoms with Gasteiger partial charge in [-0.05, 0) is 36.4 Å². The van der Waals surface area contributed by atoms with E-state index in [0.717, 1.165) is 22.5 Å². The van der Waals surface area contributed by atoms with Gasteiger partial charge in [0.1, 0.15) is 6.61 Å². The number of fused-ring (bicyclic) bond motifs is 1. The molecule has 3 aromatic rings. The summed E-state index contributed by atoms with van der Waals surface area (Å²) in [6.45, 7) is 1.39. The van der Waals surface area contributed by atoms with E-state index >= 15 is 0 Å². The zero-order chi connectivity index (χ0) is 14.7. The summed E-state index contributed by atoms with van der Waals surface area (Å²) < 4.78 is 14.4. The first kappa shape index (κ1) is 14.0. The molecule has 0 amide bonds. The number of nitrogens with zero attached hydrogens (tertiary/aromatic N) is 1. The molecule has 0 aliphatic carbocycles. The molecule has 0 unspecified atom stereocenters. The summed E-state index contributed by atoms with van der Waals surface area (Å²) in [5, 5.41) is 1.22. The maximum Gasteiger partial charge on any atom is 0.161 e. The smallest absolute Gasteiger partial charge is 0.161 e. The second-order valence-electron chi connectivity index (χ2n) is 4.71. The molecule has 0 bridgehead atoms. The Morgan fingerprint density at radius 3 is 2.67 bits per heavy atom. The zero-order valence-electron chi connectivity index (χ0n) is 11.8. The fraction of sp³-hybridized carbons (Fsp3) is 0.176. The third-order valence-electron chi connectivity index (χ3n) is 3.39. The van der Waals surface area contributed by atoms with Crippen molar-refractivity contribution >= 4 is 26.8 Å². The Labute approximate surface area is 132 Å². The van der Waals surface area contributed by atoms with E-state index in [2.05, 4.69) is 51.0 Å². The minimum Gasteiger partial charge on any atom is -0.493 e. The highest BCUT2D eigenvalue weighted by atomic mass is 79.9. The van der Waals surface area contributed by atoms with Crippen LogP contribution in [-0.4, -0.2) is 18.3 Å². The SMILES string of the molecule is COc1ccccc1OCCn1ccc2cc(Br)ccc21. The normalized spacial score (nSPS) is 10.8. The van der Waals surface area contributed by atoms with Gasteiger partial charge in [0.25, 0.3) is 0 Å². The second kappa shape index (κ2) is 6.22. The molecule has 1 aromatic heterocycles.